The lowest BCUT2D eigenvalue weighted by atomic mass is 9.98. The number of hydrogen-bond acceptors (Lipinski definition) is 2. The molecule has 1 unspecified atom stereocenters. The fourth-order valence-electron chi connectivity index (χ4n) is 2.10. The molecule has 0 aliphatic rings. The Hall–Kier alpha value is -1.54. The molecular formula is C16H21NO. The molecule has 2 nitrogen and oxygen atoms in total. The summed E-state index contributed by atoms with van der Waals surface area (Å²) in [6.07, 6.45) is 2.86. The van der Waals surface area contributed by atoms with Crippen LogP contribution in [0.5, 0.6) is 0 Å². The first-order valence-electron chi connectivity index (χ1n) is 6.59. The highest BCUT2D eigenvalue weighted by molar-refractivity contribution is 5.18. The minimum absolute atomic E-state index is 0.281. The van der Waals surface area contributed by atoms with Gasteiger partial charge >= 0.3 is 0 Å². The Morgan fingerprint density at radius 1 is 1.06 bits per heavy atom. The maximum absolute atomic E-state index is 5.37. The van der Waals surface area contributed by atoms with Crippen LogP contribution in [0.1, 0.15) is 43.6 Å². The quantitative estimate of drug-likeness (QED) is 0.825. The summed E-state index contributed by atoms with van der Waals surface area (Å²) in [5.41, 5.74) is 1.41. The maximum atomic E-state index is 5.37. The van der Waals surface area contributed by atoms with E-state index in [-0.39, 0.29) is 6.04 Å². The summed E-state index contributed by atoms with van der Waals surface area (Å²) in [6, 6.07) is 14.9. The third kappa shape index (κ3) is 3.47. The molecule has 2 aromatic rings. The van der Waals surface area contributed by atoms with Gasteiger partial charge in [0, 0.05) is 0 Å². The first kappa shape index (κ1) is 12.9. The molecule has 0 fully saturated rings. The van der Waals surface area contributed by atoms with Crippen LogP contribution in [0, 0.1) is 0 Å². The highest BCUT2D eigenvalue weighted by atomic mass is 16.3. The number of benzene rings is 1. The molecule has 0 saturated carbocycles. The Bertz CT molecular complexity index is 435. The van der Waals surface area contributed by atoms with Crippen molar-refractivity contribution in [3.63, 3.8) is 0 Å². The van der Waals surface area contributed by atoms with Gasteiger partial charge in [-0.15, -0.1) is 0 Å². The molecule has 1 aromatic heterocycles. The Morgan fingerprint density at radius 2 is 1.83 bits per heavy atom. The molecule has 0 bridgehead atoms. The van der Waals surface area contributed by atoms with Crippen LogP contribution >= 0.6 is 0 Å². The monoisotopic (exact) mass is 243 g/mol. The molecule has 96 valence electrons. The van der Waals surface area contributed by atoms with Crippen LogP contribution < -0.4 is 5.32 Å². The molecule has 2 atom stereocenters. The lowest BCUT2D eigenvalue weighted by Gasteiger charge is -2.15. The van der Waals surface area contributed by atoms with Gasteiger partial charge in [-0.1, -0.05) is 37.3 Å². The van der Waals surface area contributed by atoms with E-state index < -0.39 is 0 Å². The molecule has 0 aliphatic carbocycles. The summed E-state index contributed by atoms with van der Waals surface area (Å²) in [5.74, 6) is 1.59. The predicted molar refractivity (Wildman–Crippen MR) is 74.6 cm³/mol. The van der Waals surface area contributed by atoms with Crippen LogP contribution in [0.4, 0.5) is 0 Å². The maximum Gasteiger partial charge on any atom is 0.120 e. The third-order valence-electron chi connectivity index (χ3n) is 3.37. The zero-order valence-electron chi connectivity index (χ0n) is 11.1. The van der Waals surface area contributed by atoms with Gasteiger partial charge in [0.25, 0.3) is 0 Å². The van der Waals surface area contributed by atoms with Crippen molar-refractivity contribution in [3.8, 4) is 0 Å². The van der Waals surface area contributed by atoms with Crippen molar-refractivity contribution in [1.82, 2.24) is 5.32 Å². The van der Waals surface area contributed by atoms with Gasteiger partial charge in [-0.2, -0.15) is 0 Å². The van der Waals surface area contributed by atoms with E-state index in [0.29, 0.717) is 5.92 Å². The Kier molecular flexibility index (Phi) is 4.59. The zero-order chi connectivity index (χ0) is 12.8. The van der Waals surface area contributed by atoms with Crippen molar-refractivity contribution in [2.45, 2.75) is 32.2 Å². The van der Waals surface area contributed by atoms with Gasteiger partial charge in [-0.3, -0.25) is 0 Å². The van der Waals surface area contributed by atoms with Crippen molar-refractivity contribution >= 4 is 0 Å². The van der Waals surface area contributed by atoms with E-state index in [1.165, 1.54) is 5.56 Å². The Labute approximate surface area is 109 Å². The fraction of sp³-hybridized carbons (Fsp3) is 0.375. The average Bonchev–Trinajstić information content (AvgIpc) is 2.93. The lowest BCUT2D eigenvalue weighted by Crippen LogP contribution is -2.20. The first-order valence-corrected chi connectivity index (χ1v) is 6.59. The van der Waals surface area contributed by atoms with Crippen LogP contribution in [0.15, 0.2) is 53.1 Å². The van der Waals surface area contributed by atoms with Gasteiger partial charge < -0.3 is 9.73 Å². The second-order valence-corrected chi connectivity index (χ2v) is 4.79. The van der Waals surface area contributed by atoms with Gasteiger partial charge in [0.05, 0.1) is 12.3 Å². The molecule has 1 heterocycles. The van der Waals surface area contributed by atoms with E-state index >= 15 is 0 Å². The van der Waals surface area contributed by atoms with Crippen LogP contribution in [-0.4, -0.2) is 6.54 Å². The second kappa shape index (κ2) is 6.41. The Morgan fingerprint density at radius 3 is 2.50 bits per heavy atom. The molecule has 2 heteroatoms. The summed E-state index contributed by atoms with van der Waals surface area (Å²) in [4.78, 5) is 0. The Balaban J connectivity index is 1.76. The molecular weight excluding hydrogens is 222 g/mol. The van der Waals surface area contributed by atoms with Gasteiger partial charge in [0.1, 0.15) is 5.76 Å². The second-order valence-electron chi connectivity index (χ2n) is 4.79. The molecule has 18 heavy (non-hydrogen) atoms. The minimum Gasteiger partial charge on any atom is -0.468 e. The number of hydrogen-bond donors (Lipinski definition) is 1. The number of nitrogens with one attached hydrogen (secondary N) is 1. The minimum atomic E-state index is 0.281. The van der Waals surface area contributed by atoms with E-state index in [1.54, 1.807) is 6.26 Å². The largest absolute Gasteiger partial charge is 0.468 e. The average molecular weight is 243 g/mol. The summed E-state index contributed by atoms with van der Waals surface area (Å²) >= 11 is 0. The van der Waals surface area contributed by atoms with E-state index in [1.807, 2.05) is 12.1 Å². The van der Waals surface area contributed by atoms with Gasteiger partial charge in [0.15, 0.2) is 0 Å². The highest BCUT2D eigenvalue weighted by Gasteiger charge is 2.09. The normalized spacial score (nSPS) is 14.3. The first-order chi connectivity index (χ1) is 8.77. The van der Waals surface area contributed by atoms with Crippen molar-refractivity contribution in [3.05, 3.63) is 60.1 Å². The van der Waals surface area contributed by atoms with Crippen LogP contribution in [0.25, 0.3) is 0 Å². The van der Waals surface area contributed by atoms with Gasteiger partial charge in [0.2, 0.25) is 0 Å². The fourth-order valence-corrected chi connectivity index (χ4v) is 2.10. The van der Waals surface area contributed by atoms with Crippen LogP contribution in [0.2, 0.25) is 0 Å². The molecule has 0 radical (unpaired) electrons. The zero-order valence-corrected chi connectivity index (χ0v) is 11.1. The molecule has 0 aliphatic heterocycles. The number of furan rings is 1. The molecule has 0 amide bonds. The molecule has 1 aromatic carbocycles. The number of rotatable bonds is 6. The predicted octanol–water partition coefficient (Wildman–Crippen LogP) is 4.12. The van der Waals surface area contributed by atoms with E-state index in [4.69, 9.17) is 4.42 Å². The molecule has 2 rings (SSSR count). The highest BCUT2D eigenvalue weighted by Crippen LogP contribution is 2.18. The van der Waals surface area contributed by atoms with Gasteiger partial charge in [-0.25, -0.2) is 0 Å². The van der Waals surface area contributed by atoms with Crippen molar-refractivity contribution in [1.29, 1.82) is 0 Å². The van der Waals surface area contributed by atoms with Gasteiger partial charge in [-0.05, 0) is 43.5 Å². The standard InChI is InChI=1S/C16H21NO/c1-13(15-7-4-3-5-8-15)10-11-17-14(2)16-9-6-12-18-16/h3-9,12-14,17H,10-11H2,1-2H3/t13?,14-/m0/s1. The summed E-state index contributed by atoms with van der Waals surface area (Å²) in [6.45, 7) is 5.40. The van der Waals surface area contributed by atoms with Crippen molar-refractivity contribution < 1.29 is 4.42 Å². The van der Waals surface area contributed by atoms with E-state index in [0.717, 1.165) is 18.7 Å². The van der Waals surface area contributed by atoms with Crippen LogP contribution in [0.3, 0.4) is 0 Å². The molecule has 0 saturated heterocycles. The topological polar surface area (TPSA) is 25.2 Å². The summed E-state index contributed by atoms with van der Waals surface area (Å²) < 4.78 is 5.37. The SMILES string of the molecule is CC(CCN[C@@H](C)c1ccco1)c1ccccc1. The third-order valence-corrected chi connectivity index (χ3v) is 3.37. The van der Waals surface area contributed by atoms with Crippen LogP contribution in [-0.2, 0) is 0 Å². The van der Waals surface area contributed by atoms with Crippen molar-refractivity contribution in [2.24, 2.45) is 0 Å². The van der Waals surface area contributed by atoms with E-state index in [2.05, 4.69) is 49.5 Å². The lowest BCUT2D eigenvalue weighted by molar-refractivity contribution is 0.424. The molecule has 0 spiro atoms. The summed E-state index contributed by atoms with van der Waals surface area (Å²) in [7, 11) is 0. The molecule has 1 N–H and O–H groups in total. The smallest absolute Gasteiger partial charge is 0.120 e. The van der Waals surface area contributed by atoms with Crippen molar-refractivity contribution in [2.75, 3.05) is 6.54 Å². The summed E-state index contributed by atoms with van der Waals surface area (Å²) in [5, 5.41) is 3.49. The van der Waals surface area contributed by atoms with E-state index in [9.17, 15) is 0 Å².